The van der Waals surface area contributed by atoms with Crippen molar-refractivity contribution >= 4 is 0 Å². The van der Waals surface area contributed by atoms with Crippen LogP contribution in [0.4, 0.5) is 0 Å². The van der Waals surface area contributed by atoms with E-state index < -0.39 is 6.10 Å². The summed E-state index contributed by atoms with van der Waals surface area (Å²) in [5, 5.41) is 10.2. The molecule has 0 saturated heterocycles. The first-order valence-corrected chi connectivity index (χ1v) is 5.87. The van der Waals surface area contributed by atoms with Gasteiger partial charge in [-0.1, -0.05) is 42.7 Å². The Hall–Kier alpha value is -0.860. The van der Waals surface area contributed by atoms with Gasteiger partial charge in [0.1, 0.15) is 6.10 Å². The Labute approximate surface area is 98.3 Å². The van der Waals surface area contributed by atoms with E-state index in [4.69, 9.17) is 4.74 Å². The smallest absolute Gasteiger partial charge is 0.105 e. The van der Waals surface area contributed by atoms with Crippen molar-refractivity contribution < 1.29 is 9.84 Å². The van der Waals surface area contributed by atoms with Crippen molar-refractivity contribution in [3.8, 4) is 0 Å². The van der Waals surface area contributed by atoms with Crippen LogP contribution in [0.2, 0.25) is 0 Å². The first-order chi connectivity index (χ1) is 7.58. The van der Waals surface area contributed by atoms with Gasteiger partial charge in [0.25, 0.3) is 0 Å². The van der Waals surface area contributed by atoms with E-state index in [0.29, 0.717) is 0 Å². The molecule has 2 heteroatoms. The molecule has 2 nitrogen and oxygen atoms in total. The molecule has 1 aromatic rings. The van der Waals surface area contributed by atoms with Crippen LogP contribution in [0.5, 0.6) is 0 Å². The van der Waals surface area contributed by atoms with E-state index in [0.717, 1.165) is 18.4 Å². The van der Waals surface area contributed by atoms with E-state index in [1.54, 1.807) is 7.11 Å². The van der Waals surface area contributed by atoms with Gasteiger partial charge >= 0.3 is 0 Å². The van der Waals surface area contributed by atoms with Gasteiger partial charge in [-0.25, -0.2) is 0 Å². The van der Waals surface area contributed by atoms with E-state index in [1.165, 1.54) is 11.1 Å². The normalized spacial score (nSPS) is 14.8. The Balaban J connectivity index is 2.89. The van der Waals surface area contributed by atoms with Crippen molar-refractivity contribution in [3.05, 3.63) is 34.9 Å². The number of hydrogen-bond donors (Lipinski definition) is 1. The van der Waals surface area contributed by atoms with Gasteiger partial charge in [0, 0.05) is 7.11 Å². The summed E-state index contributed by atoms with van der Waals surface area (Å²) >= 11 is 0. The van der Waals surface area contributed by atoms with Crippen LogP contribution in [0.3, 0.4) is 0 Å². The van der Waals surface area contributed by atoms with E-state index in [9.17, 15) is 5.11 Å². The molecule has 16 heavy (non-hydrogen) atoms. The second-order valence-electron chi connectivity index (χ2n) is 4.43. The molecule has 0 aliphatic rings. The minimum atomic E-state index is -0.524. The molecule has 0 bridgehead atoms. The number of methoxy groups -OCH3 is 1. The molecular formula is C14H22O2. The van der Waals surface area contributed by atoms with Crippen molar-refractivity contribution in [3.63, 3.8) is 0 Å². The fourth-order valence-electron chi connectivity index (χ4n) is 2.08. The molecule has 2 atom stereocenters. The van der Waals surface area contributed by atoms with Gasteiger partial charge in [-0.15, -0.1) is 0 Å². The van der Waals surface area contributed by atoms with Crippen LogP contribution in [0.15, 0.2) is 18.2 Å². The van der Waals surface area contributed by atoms with Crippen LogP contribution in [-0.4, -0.2) is 18.3 Å². The molecule has 1 N–H and O–H groups in total. The maximum atomic E-state index is 10.2. The lowest BCUT2D eigenvalue weighted by Crippen LogP contribution is -2.20. The van der Waals surface area contributed by atoms with Crippen LogP contribution in [0.25, 0.3) is 0 Å². The summed E-state index contributed by atoms with van der Waals surface area (Å²) < 4.78 is 5.34. The largest absolute Gasteiger partial charge is 0.386 e. The van der Waals surface area contributed by atoms with Crippen molar-refractivity contribution in [2.75, 3.05) is 7.11 Å². The van der Waals surface area contributed by atoms with Crippen molar-refractivity contribution in [2.45, 2.75) is 45.8 Å². The Morgan fingerprint density at radius 1 is 1.19 bits per heavy atom. The first kappa shape index (κ1) is 13.2. The Kier molecular flexibility index (Phi) is 4.97. The predicted octanol–water partition coefficient (Wildman–Crippen LogP) is 3.15. The molecule has 0 heterocycles. The highest BCUT2D eigenvalue weighted by Crippen LogP contribution is 2.24. The average Bonchev–Trinajstić information content (AvgIpc) is 2.23. The van der Waals surface area contributed by atoms with Crippen LogP contribution in [-0.2, 0) is 4.74 Å². The number of benzene rings is 1. The van der Waals surface area contributed by atoms with Gasteiger partial charge in [0.05, 0.1) is 6.10 Å². The summed E-state index contributed by atoms with van der Waals surface area (Å²) in [4.78, 5) is 0. The van der Waals surface area contributed by atoms with Crippen LogP contribution in [0, 0.1) is 13.8 Å². The standard InChI is InChI=1S/C14H22O2/c1-5-6-13(16-4)14(15)12-8-10(2)7-11(3)9-12/h7-9,13-15H,5-6H2,1-4H3. The lowest BCUT2D eigenvalue weighted by atomic mass is 9.97. The van der Waals surface area contributed by atoms with Crippen LogP contribution >= 0.6 is 0 Å². The molecule has 0 aliphatic heterocycles. The third kappa shape index (κ3) is 3.32. The molecule has 0 aliphatic carbocycles. The molecule has 1 aromatic carbocycles. The number of rotatable bonds is 5. The van der Waals surface area contributed by atoms with Gasteiger partial charge in [-0.3, -0.25) is 0 Å². The minimum Gasteiger partial charge on any atom is -0.386 e. The molecule has 0 saturated carbocycles. The predicted molar refractivity (Wildman–Crippen MR) is 66.6 cm³/mol. The molecular weight excluding hydrogens is 200 g/mol. The molecule has 0 spiro atoms. The lowest BCUT2D eigenvalue weighted by Gasteiger charge is -2.22. The van der Waals surface area contributed by atoms with Gasteiger partial charge in [0.2, 0.25) is 0 Å². The molecule has 0 fully saturated rings. The molecule has 90 valence electrons. The second kappa shape index (κ2) is 6.02. The van der Waals surface area contributed by atoms with E-state index >= 15 is 0 Å². The Bertz CT molecular complexity index is 313. The van der Waals surface area contributed by atoms with Crippen molar-refractivity contribution in [2.24, 2.45) is 0 Å². The molecule has 0 aromatic heterocycles. The highest BCUT2D eigenvalue weighted by atomic mass is 16.5. The molecule has 2 unspecified atom stereocenters. The maximum absolute atomic E-state index is 10.2. The van der Waals surface area contributed by atoms with E-state index in [-0.39, 0.29) is 6.10 Å². The van der Waals surface area contributed by atoms with E-state index in [2.05, 4.69) is 13.0 Å². The number of hydrogen-bond acceptors (Lipinski definition) is 2. The van der Waals surface area contributed by atoms with Gasteiger partial charge in [-0.2, -0.15) is 0 Å². The fraction of sp³-hybridized carbons (Fsp3) is 0.571. The van der Waals surface area contributed by atoms with Crippen molar-refractivity contribution in [1.29, 1.82) is 0 Å². The van der Waals surface area contributed by atoms with E-state index in [1.807, 2.05) is 26.0 Å². The van der Waals surface area contributed by atoms with Gasteiger partial charge < -0.3 is 9.84 Å². The summed E-state index contributed by atoms with van der Waals surface area (Å²) in [6.45, 7) is 6.19. The van der Waals surface area contributed by atoms with Crippen LogP contribution in [0.1, 0.15) is 42.6 Å². The van der Waals surface area contributed by atoms with Gasteiger partial charge in [-0.05, 0) is 25.8 Å². The van der Waals surface area contributed by atoms with Gasteiger partial charge in [0.15, 0.2) is 0 Å². The third-order valence-electron chi connectivity index (χ3n) is 2.81. The number of aryl methyl sites for hydroxylation is 2. The summed E-state index contributed by atoms with van der Waals surface area (Å²) in [5.74, 6) is 0. The third-order valence-corrected chi connectivity index (χ3v) is 2.81. The monoisotopic (exact) mass is 222 g/mol. The average molecular weight is 222 g/mol. The SMILES string of the molecule is CCCC(OC)C(O)c1cc(C)cc(C)c1. The zero-order valence-corrected chi connectivity index (χ0v) is 10.7. The Morgan fingerprint density at radius 2 is 1.75 bits per heavy atom. The summed E-state index contributed by atoms with van der Waals surface area (Å²) in [5.41, 5.74) is 3.32. The molecule has 1 rings (SSSR count). The summed E-state index contributed by atoms with van der Waals surface area (Å²) in [6.07, 6.45) is 1.26. The summed E-state index contributed by atoms with van der Waals surface area (Å²) in [7, 11) is 1.66. The quantitative estimate of drug-likeness (QED) is 0.829. The highest BCUT2D eigenvalue weighted by molar-refractivity contribution is 5.30. The number of ether oxygens (including phenoxy) is 1. The maximum Gasteiger partial charge on any atom is 0.105 e. The topological polar surface area (TPSA) is 29.5 Å². The molecule has 0 amide bonds. The van der Waals surface area contributed by atoms with Crippen LogP contribution < -0.4 is 0 Å². The lowest BCUT2D eigenvalue weighted by molar-refractivity contribution is -0.0180. The fourth-order valence-corrected chi connectivity index (χ4v) is 2.08. The van der Waals surface area contributed by atoms with Crippen molar-refractivity contribution in [1.82, 2.24) is 0 Å². The zero-order chi connectivity index (χ0) is 12.1. The highest BCUT2D eigenvalue weighted by Gasteiger charge is 2.19. The Morgan fingerprint density at radius 3 is 2.19 bits per heavy atom. The zero-order valence-electron chi connectivity index (χ0n) is 10.7. The second-order valence-corrected chi connectivity index (χ2v) is 4.43. The minimum absolute atomic E-state index is 0.105. The first-order valence-electron chi connectivity index (χ1n) is 5.87. The summed E-state index contributed by atoms with van der Waals surface area (Å²) in [6, 6.07) is 6.16. The number of aliphatic hydroxyl groups excluding tert-OH is 1. The number of aliphatic hydroxyl groups is 1. The molecule has 0 radical (unpaired) electrons.